The SMILES string of the molecule is COc1ccc2c(ccc(C)[n+]2C(C)C)c1.[I-]. The average molecular weight is 343 g/mol. The number of aromatic nitrogens is 1. The molecular weight excluding hydrogens is 325 g/mol. The van der Waals surface area contributed by atoms with Gasteiger partial charge in [-0.15, -0.1) is 0 Å². The van der Waals surface area contributed by atoms with Crippen molar-refractivity contribution < 1.29 is 33.3 Å². The van der Waals surface area contributed by atoms with Crippen LogP contribution in [0, 0.1) is 6.92 Å². The van der Waals surface area contributed by atoms with Crippen LogP contribution in [-0.4, -0.2) is 7.11 Å². The van der Waals surface area contributed by atoms with Crippen molar-refractivity contribution in [2.45, 2.75) is 26.8 Å². The quantitative estimate of drug-likeness (QED) is 0.554. The Hall–Kier alpha value is -0.840. The molecule has 1 aromatic heterocycles. The largest absolute Gasteiger partial charge is 1.00 e. The van der Waals surface area contributed by atoms with E-state index in [2.05, 4.69) is 49.6 Å². The smallest absolute Gasteiger partial charge is 0.213 e. The summed E-state index contributed by atoms with van der Waals surface area (Å²) in [6.45, 7) is 6.55. The number of aryl methyl sites for hydroxylation is 1. The molecule has 0 aliphatic carbocycles. The Morgan fingerprint density at radius 1 is 1.12 bits per heavy atom. The maximum absolute atomic E-state index is 5.24. The number of rotatable bonds is 2. The summed E-state index contributed by atoms with van der Waals surface area (Å²) in [6, 6.07) is 11.0. The van der Waals surface area contributed by atoms with E-state index >= 15 is 0 Å². The minimum absolute atomic E-state index is 0. The van der Waals surface area contributed by atoms with Gasteiger partial charge in [0.15, 0.2) is 11.7 Å². The van der Waals surface area contributed by atoms with Crippen molar-refractivity contribution in [1.29, 1.82) is 0 Å². The molecule has 0 saturated carbocycles. The number of benzene rings is 1. The Labute approximate surface area is 120 Å². The number of fused-ring (bicyclic) bond motifs is 1. The van der Waals surface area contributed by atoms with Gasteiger partial charge in [0.05, 0.1) is 12.5 Å². The summed E-state index contributed by atoms with van der Waals surface area (Å²) in [5.41, 5.74) is 2.54. The molecule has 0 atom stereocenters. The molecule has 0 fully saturated rings. The fourth-order valence-electron chi connectivity index (χ4n) is 2.18. The first kappa shape index (κ1) is 14.2. The van der Waals surface area contributed by atoms with Crippen molar-refractivity contribution in [3.8, 4) is 5.75 Å². The van der Waals surface area contributed by atoms with Crippen molar-refractivity contribution >= 4 is 10.9 Å². The second-order valence-corrected chi connectivity index (χ2v) is 4.36. The lowest BCUT2D eigenvalue weighted by Gasteiger charge is -2.08. The molecule has 2 rings (SSSR count). The van der Waals surface area contributed by atoms with Crippen LogP contribution in [0.2, 0.25) is 0 Å². The zero-order valence-electron chi connectivity index (χ0n) is 10.7. The van der Waals surface area contributed by atoms with Crippen LogP contribution in [0.1, 0.15) is 25.6 Å². The summed E-state index contributed by atoms with van der Waals surface area (Å²) >= 11 is 0. The van der Waals surface area contributed by atoms with E-state index in [4.69, 9.17) is 4.74 Å². The lowest BCUT2D eigenvalue weighted by atomic mass is 10.1. The molecule has 2 nitrogen and oxygen atoms in total. The van der Waals surface area contributed by atoms with Gasteiger partial charge >= 0.3 is 0 Å². The van der Waals surface area contributed by atoms with Crippen molar-refractivity contribution in [3.05, 3.63) is 36.0 Å². The lowest BCUT2D eigenvalue weighted by Crippen LogP contribution is -3.00. The summed E-state index contributed by atoms with van der Waals surface area (Å²) in [4.78, 5) is 0. The van der Waals surface area contributed by atoms with Gasteiger partial charge in [-0.1, -0.05) is 0 Å². The minimum Gasteiger partial charge on any atom is -1.00 e. The second-order valence-electron chi connectivity index (χ2n) is 4.36. The highest BCUT2D eigenvalue weighted by Crippen LogP contribution is 2.19. The van der Waals surface area contributed by atoms with Crippen LogP contribution in [0.15, 0.2) is 30.3 Å². The normalized spacial score (nSPS) is 10.4. The van der Waals surface area contributed by atoms with Gasteiger partial charge in [-0.2, -0.15) is 4.57 Å². The zero-order valence-corrected chi connectivity index (χ0v) is 12.9. The van der Waals surface area contributed by atoms with Crippen LogP contribution in [0.4, 0.5) is 0 Å². The Morgan fingerprint density at radius 2 is 1.82 bits per heavy atom. The molecule has 1 aromatic carbocycles. The van der Waals surface area contributed by atoms with Gasteiger partial charge in [0.2, 0.25) is 5.52 Å². The summed E-state index contributed by atoms with van der Waals surface area (Å²) in [5.74, 6) is 0.909. The van der Waals surface area contributed by atoms with Gasteiger partial charge in [-0.3, -0.25) is 0 Å². The van der Waals surface area contributed by atoms with E-state index < -0.39 is 0 Å². The van der Waals surface area contributed by atoms with E-state index in [0.717, 1.165) is 5.75 Å². The van der Waals surface area contributed by atoms with Crippen LogP contribution in [0.5, 0.6) is 5.75 Å². The molecule has 0 aliphatic rings. The topological polar surface area (TPSA) is 13.1 Å². The van der Waals surface area contributed by atoms with E-state index in [-0.39, 0.29) is 24.0 Å². The molecule has 0 saturated heterocycles. The fraction of sp³-hybridized carbons (Fsp3) is 0.357. The van der Waals surface area contributed by atoms with Crippen LogP contribution in [0.25, 0.3) is 10.9 Å². The summed E-state index contributed by atoms with van der Waals surface area (Å²) in [6.07, 6.45) is 0. The van der Waals surface area contributed by atoms with Gasteiger partial charge < -0.3 is 28.7 Å². The number of hydrogen-bond donors (Lipinski definition) is 0. The predicted molar refractivity (Wildman–Crippen MR) is 65.8 cm³/mol. The number of methoxy groups -OCH3 is 1. The monoisotopic (exact) mass is 343 g/mol. The van der Waals surface area contributed by atoms with E-state index in [0.29, 0.717) is 6.04 Å². The second kappa shape index (κ2) is 5.67. The summed E-state index contributed by atoms with van der Waals surface area (Å²) < 4.78 is 7.59. The fourth-order valence-corrected chi connectivity index (χ4v) is 2.18. The standard InChI is InChI=1S/C14H18NO.HI/c1-10(2)15-11(3)5-6-12-9-13(16-4)7-8-14(12)15;/h5-10H,1-4H3;1H/q+1;/p-1. The highest BCUT2D eigenvalue weighted by atomic mass is 127. The Bertz CT molecular complexity index is 523. The van der Waals surface area contributed by atoms with E-state index in [1.165, 1.54) is 16.6 Å². The van der Waals surface area contributed by atoms with Gasteiger partial charge in [0.25, 0.3) is 0 Å². The Kier molecular flexibility index (Phi) is 4.74. The third-order valence-corrected chi connectivity index (χ3v) is 2.89. The first-order valence-electron chi connectivity index (χ1n) is 5.62. The van der Waals surface area contributed by atoms with Crippen LogP contribution < -0.4 is 33.3 Å². The molecule has 0 amide bonds. The maximum Gasteiger partial charge on any atom is 0.213 e. The third-order valence-electron chi connectivity index (χ3n) is 2.89. The van der Waals surface area contributed by atoms with Crippen LogP contribution in [-0.2, 0) is 0 Å². The zero-order chi connectivity index (χ0) is 11.7. The molecule has 0 N–H and O–H groups in total. The van der Waals surface area contributed by atoms with Crippen LogP contribution >= 0.6 is 0 Å². The minimum atomic E-state index is 0. The predicted octanol–water partition coefficient (Wildman–Crippen LogP) is 0.0292. The van der Waals surface area contributed by atoms with E-state index in [1.54, 1.807) is 7.11 Å². The Morgan fingerprint density at radius 3 is 2.41 bits per heavy atom. The van der Waals surface area contributed by atoms with Crippen molar-refractivity contribution in [1.82, 2.24) is 0 Å². The van der Waals surface area contributed by atoms with Crippen LogP contribution in [0.3, 0.4) is 0 Å². The molecule has 92 valence electrons. The third kappa shape index (κ3) is 2.70. The van der Waals surface area contributed by atoms with Gasteiger partial charge in [-0.05, 0) is 32.0 Å². The highest BCUT2D eigenvalue weighted by molar-refractivity contribution is 5.77. The van der Waals surface area contributed by atoms with Gasteiger partial charge in [-0.25, -0.2) is 0 Å². The van der Waals surface area contributed by atoms with Crippen molar-refractivity contribution in [3.63, 3.8) is 0 Å². The summed E-state index contributed by atoms with van der Waals surface area (Å²) in [5, 5.41) is 1.22. The molecule has 0 radical (unpaired) electrons. The first-order valence-corrected chi connectivity index (χ1v) is 5.62. The average Bonchev–Trinajstić information content (AvgIpc) is 2.27. The highest BCUT2D eigenvalue weighted by Gasteiger charge is 2.15. The molecule has 1 heterocycles. The molecular formula is C14H18INO. The summed E-state index contributed by atoms with van der Waals surface area (Å²) in [7, 11) is 1.70. The number of pyridine rings is 1. The molecule has 3 heteroatoms. The number of ether oxygens (including phenoxy) is 1. The molecule has 2 aromatic rings. The number of hydrogen-bond acceptors (Lipinski definition) is 1. The van der Waals surface area contributed by atoms with E-state index in [1.807, 2.05) is 6.07 Å². The van der Waals surface area contributed by atoms with Crippen molar-refractivity contribution in [2.75, 3.05) is 7.11 Å². The Balaban J connectivity index is 0.00000144. The molecule has 0 unspecified atom stereocenters. The number of nitrogens with zero attached hydrogens (tertiary/aromatic N) is 1. The van der Waals surface area contributed by atoms with Gasteiger partial charge in [0.1, 0.15) is 5.75 Å². The molecule has 17 heavy (non-hydrogen) atoms. The van der Waals surface area contributed by atoms with E-state index in [9.17, 15) is 0 Å². The molecule has 0 aliphatic heterocycles. The first-order chi connectivity index (χ1) is 7.63. The number of halogens is 1. The van der Waals surface area contributed by atoms with Gasteiger partial charge in [0, 0.05) is 19.1 Å². The lowest BCUT2D eigenvalue weighted by molar-refractivity contribution is -0.697. The van der Waals surface area contributed by atoms with Crippen molar-refractivity contribution in [2.24, 2.45) is 0 Å². The molecule has 0 bridgehead atoms. The molecule has 0 spiro atoms. The maximum atomic E-state index is 5.24.